The van der Waals surface area contributed by atoms with E-state index in [-0.39, 0.29) is 11.9 Å². The fraction of sp³-hybridized carbons (Fsp3) is 0.143. The predicted molar refractivity (Wildman–Crippen MR) is 139 cm³/mol. The van der Waals surface area contributed by atoms with Crippen molar-refractivity contribution in [2.24, 2.45) is 0 Å². The Hall–Kier alpha value is -4.52. The van der Waals surface area contributed by atoms with Gasteiger partial charge in [0.25, 0.3) is 5.91 Å². The van der Waals surface area contributed by atoms with Crippen LogP contribution in [0.15, 0.2) is 72.9 Å². The predicted octanol–water partition coefficient (Wildman–Crippen LogP) is 5.37. The van der Waals surface area contributed by atoms with Crippen LogP contribution in [-0.2, 0) is 0 Å². The highest BCUT2D eigenvalue weighted by atomic mass is 16.2. The van der Waals surface area contributed by atoms with Gasteiger partial charge in [0.1, 0.15) is 0 Å². The number of hydrogen-bond donors (Lipinski definition) is 1. The van der Waals surface area contributed by atoms with Crippen molar-refractivity contribution < 1.29 is 9.59 Å². The van der Waals surface area contributed by atoms with Crippen LogP contribution in [0, 0.1) is 6.92 Å². The Bertz CT molecular complexity index is 1610. The maximum Gasteiger partial charge on any atom is 0.324 e. The average molecular weight is 462 g/mol. The Balaban J connectivity index is 1.49. The molecular formula is C28H23N5O2. The SMILES string of the molecule is Cc1cnc2c(NC(=O)c3c4ccccc4nc4ccccc34)cccc2c1N1CCN(C)C1=O. The first-order valence-electron chi connectivity index (χ1n) is 11.5. The lowest BCUT2D eigenvalue weighted by atomic mass is 10.0. The van der Waals surface area contributed by atoms with Crippen LogP contribution in [0.25, 0.3) is 32.7 Å². The number of carbonyl (C=O) groups excluding carboxylic acids is 2. The van der Waals surface area contributed by atoms with Gasteiger partial charge in [-0.2, -0.15) is 0 Å². The number of nitrogens with one attached hydrogen (secondary N) is 1. The maximum absolute atomic E-state index is 13.8. The Morgan fingerprint density at radius 3 is 2.20 bits per heavy atom. The van der Waals surface area contributed by atoms with E-state index in [1.165, 1.54) is 0 Å². The summed E-state index contributed by atoms with van der Waals surface area (Å²) in [6.07, 6.45) is 1.76. The van der Waals surface area contributed by atoms with Crippen molar-refractivity contribution in [2.75, 3.05) is 30.4 Å². The number of aryl methyl sites for hydroxylation is 1. The van der Waals surface area contributed by atoms with E-state index in [9.17, 15) is 9.59 Å². The molecule has 1 aliphatic rings. The zero-order chi connectivity index (χ0) is 24.1. The molecule has 0 bridgehead atoms. The third-order valence-corrected chi connectivity index (χ3v) is 6.60. The van der Waals surface area contributed by atoms with E-state index in [1.54, 1.807) is 23.0 Å². The fourth-order valence-corrected chi connectivity index (χ4v) is 4.89. The van der Waals surface area contributed by atoms with Crippen molar-refractivity contribution in [3.8, 4) is 0 Å². The zero-order valence-corrected chi connectivity index (χ0v) is 19.4. The largest absolute Gasteiger partial charge is 0.326 e. The molecule has 1 aliphatic heterocycles. The molecule has 7 heteroatoms. The molecule has 0 aliphatic carbocycles. The molecule has 6 rings (SSSR count). The van der Waals surface area contributed by atoms with Crippen molar-refractivity contribution in [1.82, 2.24) is 14.9 Å². The van der Waals surface area contributed by atoms with Crippen molar-refractivity contribution in [3.05, 3.63) is 84.1 Å². The first kappa shape index (κ1) is 21.0. The van der Waals surface area contributed by atoms with Crippen molar-refractivity contribution >= 4 is 56.0 Å². The van der Waals surface area contributed by atoms with E-state index in [0.717, 1.165) is 38.4 Å². The number of pyridine rings is 2. The molecule has 3 heterocycles. The van der Waals surface area contributed by atoms with Crippen molar-refractivity contribution in [3.63, 3.8) is 0 Å². The number of amides is 3. The van der Waals surface area contributed by atoms with Gasteiger partial charge in [0, 0.05) is 42.5 Å². The van der Waals surface area contributed by atoms with Crippen molar-refractivity contribution in [2.45, 2.75) is 6.92 Å². The van der Waals surface area contributed by atoms with Crippen LogP contribution in [0.5, 0.6) is 0 Å². The van der Waals surface area contributed by atoms with E-state index in [1.807, 2.05) is 73.7 Å². The summed E-state index contributed by atoms with van der Waals surface area (Å²) in [6.45, 7) is 3.23. The lowest BCUT2D eigenvalue weighted by molar-refractivity contribution is 0.103. The van der Waals surface area contributed by atoms with Crippen LogP contribution in [-0.4, -0.2) is 46.9 Å². The molecule has 0 saturated carbocycles. The number of fused-ring (bicyclic) bond motifs is 3. The first-order valence-corrected chi connectivity index (χ1v) is 11.5. The quantitative estimate of drug-likeness (QED) is 0.367. The van der Waals surface area contributed by atoms with Crippen LogP contribution >= 0.6 is 0 Å². The fourth-order valence-electron chi connectivity index (χ4n) is 4.89. The van der Waals surface area contributed by atoms with Gasteiger partial charge in [0.05, 0.1) is 33.5 Å². The summed E-state index contributed by atoms with van der Waals surface area (Å²) in [7, 11) is 1.80. The summed E-state index contributed by atoms with van der Waals surface area (Å²) >= 11 is 0. The monoisotopic (exact) mass is 461 g/mol. The number of anilines is 2. The molecule has 3 aromatic carbocycles. The number of rotatable bonds is 3. The van der Waals surface area contributed by atoms with Crippen LogP contribution in [0.4, 0.5) is 16.2 Å². The van der Waals surface area contributed by atoms with Gasteiger partial charge in [-0.3, -0.25) is 14.7 Å². The number of para-hydroxylation sites is 3. The van der Waals surface area contributed by atoms with Crippen LogP contribution < -0.4 is 10.2 Å². The van der Waals surface area contributed by atoms with Crippen LogP contribution in [0.1, 0.15) is 15.9 Å². The Morgan fingerprint density at radius 1 is 0.886 bits per heavy atom. The Morgan fingerprint density at radius 2 is 1.54 bits per heavy atom. The molecule has 172 valence electrons. The second-order valence-electron chi connectivity index (χ2n) is 8.82. The molecule has 3 amide bonds. The molecular weight excluding hydrogens is 438 g/mol. The highest BCUT2D eigenvalue weighted by molar-refractivity contribution is 6.22. The summed E-state index contributed by atoms with van der Waals surface area (Å²) in [5.41, 5.74) is 5.09. The summed E-state index contributed by atoms with van der Waals surface area (Å²) in [5, 5.41) is 5.51. The van der Waals surface area contributed by atoms with Crippen LogP contribution in [0.2, 0.25) is 0 Å². The molecule has 0 unspecified atom stereocenters. The molecule has 1 N–H and O–H groups in total. The van der Waals surface area contributed by atoms with E-state index >= 15 is 0 Å². The first-order chi connectivity index (χ1) is 17.0. The lowest BCUT2D eigenvalue weighted by Crippen LogP contribution is -2.30. The third kappa shape index (κ3) is 3.35. The van der Waals surface area contributed by atoms with Gasteiger partial charge in [-0.25, -0.2) is 9.78 Å². The number of urea groups is 1. The third-order valence-electron chi connectivity index (χ3n) is 6.60. The molecule has 0 radical (unpaired) electrons. The molecule has 1 saturated heterocycles. The second-order valence-corrected chi connectivity index (χ2v) is 8.82. The lowest BCUT2D eigenvalue weighted by Gasteiger charge is -2.21. The summed E-state index contributed by atoms with van der Waals surface area (Å²) in [6, 6.07) is 21.0. The minimum absolute atomic E-state index is 0.0373. The van der Waals surface area contributed by atoms with Gasteiger partial charge in [-0.05, 0) is 30.7 Å². The minimum atomic E-state index is -0.229. The number of nitrogens with zero attached hydrogens (tertiary/aromatic N) is 4. The van der Waals surface area contributed by atoms with E-state index in [4.69, 9.17) is 4.98 Å². The molecule has 0 spiro atoms. The van der Waals surface area contributed by atoms with Gasteiger partial charge in [-0.15, -0.1) is 0 Å². The van der Waals surface area contributed by atoms with Gasteiger partial charge >= 0.3 is 6.03 Å². The summed E-state index contributed by atoms with van der Waals surface area (Å²) in [5.74, 6) is -0.229. The number of likely N-dealkylation sites (N-methyl/N-ethyl adjacent to an activating group) is 1. The molecule has 7 nitrogen and oxygen atoms in total. The normalized spacial score (nSPS) is 13.8. The van der Waals surface area contributed by atoms with E-state index < -0.39 is 0 Å². The maximum atomic E-state index is 13.8. The number of carbonyl (C=O) groups is 2. The number of hydrogen-bond acceptors (Lipinski definition) is 4. The Labute approximate surface area is 202 Å². The van der Waals surface area contributed by atoms with Gasteiger partial charge in [0.15, 0.2) is 0 Å². The van der Waals surface area contributed by atoms with Gasteiger partial charge in [0.2, 0.25) is 0 Å². The van der Waals surface area contributed by atoms with Gasteiger partial charge in [-0.1, -0.05) is 48.5 Å². The highest BCUT2D eigenvalue weighted by Gasteiger charge is 2.29. The average Bonchev–Trinajstić information content (AvgIpc) is 3.20. The molecule has 35 heavy (non-hydrogen) atoms. The number of benzene rings is 3. The van der Waals surface area contributed by atoms with Crippen molar-refractivity contribution in [1.29, 1.82) is 0 Å². The topological polar surface area (TPSA) is 78.4 Å². The van der Waals surface area contributed by atoms with Crippen LogP contribution in [0.3, 0.4) is 0 Å². The minimum Gasteiger partial charge on any atom is -0.326 e. The smallest absolute Gasteiger partial charge is 0.324 e. The molecule has 0 atom stereocenters. The zero-order valence-electron chi connectivity index (χ0n) is 19.4. The molecule has 5 aromatic rings. The molecule has 1 fully saturated rings. The number of aromatic nitrogens is 2. The molecule has 2 aromatic heterocycles. The highest BCUT2D eigenvalue weighted by Crippen LogP contribution is 2.35. The Kier molecular flexibility index (Phi) is 4.84. The van der Waals surface area contributed by atoms with Gasteiger partial charge < -0.3 is 10.2 Å². The summed E-state index contributed by atoms with van der Waals surface area (Å²) < 4.78 is 0. The summed E-state index contributed by atoms with van der Waals surface area (Å²) in [4.78, 5) is 39.4. The van der Waals surface area contributed by atoms with E-state index in [2.05, 4.69) is 10.3 Å². The second kappa shape index (κ2) is 8.06. The van der Waals surface area contributed by atoms with E-state index in [0.29, 0.717) is 29.9 Å². The standard InChI is InChI=1S/C28H23N5O2/c1-17-16-29-25-20(26(17)33-15-14-32(2)28(33)35)10-7-13-23(25)31-27(34)24-18-8-3-5-11-21(18)30-22-12-6-4-9-19(22)24/h3-13,16H,14-15H2,1-2H3,(H,31,34).